The van der Waals surface area contributed by atoms with Gasteiger partial charge >= 0.3 is 6.09 Å². The van der Waals surface area contributed by atoms with E-state index in [1.807, 2.05) is 51.1 Å². The third-order valence-electron chi connectivity index (χ3n) is 8.30. The number of rotatable bonds is 8. The number of pyridine rings is 1. The van der Waals surface area contributed by atoms with E-state index in [1.165, 1.54) is 22.2 Å². The number of nitrogens with one attached hydrogen (secondary N) is 1. The predicted molar refractivity (Wildman–Crippen MR) is 178 cm³/mol. The van der Waals surface area contributed by atoms with Crippen LogP contribution < -0.4 is 11.1 Å². The fourth-order valence-corrected chi connectivity index (χ4v) is 7.23. The number of benzene rings is 2. The van der Waals surface area contributed by atoms with E-state index in [1.54, 1.807) is 6.20 Å². The number of anilines is 1. The summed E-state index contributed by atoms with van der Waals surface area (Å²) in [6.07, 6.45) is 3.65. The van der Waals surface area contributed by atoms with Crippen LogP contribution in [0.4, 0.5) is 10.5 Å². The van der Waals surface area contributed by atoms with Crippen LogP contribution in [0.1, 0.15) is 55.3 Å². The molecular formula is C34H38N6O4S. The zero-order valence-electron chi connectivity index (χ0n) is 25.9. The van der Waals surface area contributed by atoms with Crippen LogP contribution in [-0.2, 0) is 4.74 Å². The highest BCUT2D eigenvalue weighted by atomic mass is 32.1. The summed E-state index contributed by atoms with van der Waals surface area (Å²) in [5.74, 6) is -0.178. The molecule has 0 bridgehead atoms. The number of fused-ring (bicyclic) bond motifs is 2. The summed E-state index contributed by atoms with van der Waals surface area (Å²) in [7, 11) is 0. The SMILES string of the molecule is CCCN1C(CO)C(c2ccc(-c3ccc4ncn(C(=O)OC(C)(C)C)c4c3)cc2)C1CNC(=O)c1sc2ncccc2c1N. The van der Waals surface area contributed by atoms with Gasteiger partial charge in [-0.3, -0.25) is 9.69 Å². The van der Waals surface area contributed by atoms with Crippen molar-refractivity contribution in [3.8, 4) is 11.1 Å². The number of amides is 1. The number of nitrogens with two attached hydrogens (primary N) is 1. The Kier molecular flexibility index (Phi) is 8.34. The fraction of sp³-hybridized carbons (Fsp3) is 0.353. The molecule has 11 heteroatoms. The molecule has 0 radical (unpaired) electrons. The number of likely N-dealkylation sites (tertiary alicyclic amines) is 1. The molecule has 5 aromatic rings. The van der Waals surface area contributed by atoms with Gasteiger partial charge in [0.15, 0.2) is 0 Å². The Morgan fingerprint density at radius 1 is 1.07 bits per heavy atom. The maximum atomic E-state index is 13.2. The zero-order valence-corrected chi connectivity index (χ0v) is 26.7. The number of carbonyl (C=O) groups excluding carboxylic acids is 2. The molecule has 1 amide bonds. The molecule has 1 aliphatic rings. The zero-order chi connectivity index (χ0) is 31.9. The molecule has 3 aromatic heterocycles. The molecule has 0 aliphatic carbocycles. The maximum Gasteiger partial charge on any atom is 0.420 e. The minimum Gasteiger partial charge on any atom is -0.443 e. The van der Waals surface area contributed by atoms with Gasteiger partial charge in [0.05, 0.1) is 23.3 Å². The number of aliphatic hydroxyl groups excluding tert-OH is 1. The second kappa shape index (κ2) is 12.2. The third kappa shape index (κ3) is 5.90. The van der Waals surface area contributed by atoms with E-state index in [0.717, 1.165) is 39.9 Å². The molecule has 1 fully saturated rings. The molecule has 6 rings (SSSR count). The van der Waals surface area contributed by atoms with Gasteiger partial charge in [0.2, 0.25) is 0 Å². The lowest BCUT2D eigenvalue weighted by Gasteiger charge is -2.55. The summed E-state index contributed by atoms with van der Waals surface area (Å²) in [6.45, 7) is 8.88. The Bertz CT molecular complexity index is 1860. The molecule has 4 heterocycles. The van der Waals surface area contributed by atoms with Crippen LogP contribution in [0.3, 0.4) is 0 Å². The first kappa shape index (κ1) is 30.7. The van der Waals surface area contributed by atoms with Crippen LogP contribution >= 0.6 is 11.3 Å². The molecule has 3 unspecified atom stereocenters. The minimum atomic E-state index is -0.619. The summed E-state index contributed by atoms with van der Waals surface area (Å²) in [5, 5.41) is 14.3. The van der Waals surface area contributed by atoms with Crippen LogP contribution in [0.25, 0.3) is 32.4 Å². The lowest BCUT2D eigenvalue weighted by Crippen LogP contribution is -2.66. The topological polar surface area (TPSA) is 136 Å². The monoisotopic (exact) mass is 626 g/mol. The van der Waals surface area contributed by atoms with Gasteiger partial charge in [0, 0.05) is 36.1 Å². The van der Waals surface area contributed by atoms with E-state index in [0.29, 0.717) is 28.1 Å². The number of ether oxygens (including phenoxy) is 1. The molecule has 4 N–H and O–H groups in total. The van der Waals surface area contributed by atoms with Gasteiger partial charge < -0.3 is 20.9 Å². The number of hydrogen-bond acceptors (Lipinski definition) is 9. The largest absolute Gasteiger partial charge is 0.443 e. The van der Waals surface area contributed by atoms with Crippen molar-refractivity contribution in [1.82, 2.24) is 24.8 Å². The number of aromatic nitrogens is 3. The van der Waals surface area contributed by atoms with Crippen molar-refractivity contribution in [3.63, 3.8) is 0 Å². The van der Waals surface area contributed by atoms with Gasteiger partial charge in [-0.05, 0) is 74.7 Å². The standard InChI is InChI=1S/C34H38N6O4S/c1-5-15-39-26(17-37-31(42)30-29(35)23-7-6-14-36-32(23)45-30)28(27(39)18-41)21-10-8-20(9-11-21)22-12-13-24-25(16-22)40(19-38-24)33(43)44-34(2,3)4/h6-14,16,19,26-28,41H,5,15,17-18,35H2,1-4H3,(H,37,42). The molecular weight excluding hydrogens is 588 g/mol. The van der Waals surface area contributed by atoms with Gasteiger partial charge in [-0.1, -0.05) is 37.3 Å². The smallest absolute Gasteiger partial charge is 0.420 e. The quantitative estimate of drug-likeness (QED) is 0.201. The van der Waals surface area contributed by atoms with Gasteiger partial charge in [-0.2, -0.15) is 0 Å². The Morgan fingerprint density at radius 3 is 2.51 bits per heavy atom. The van der Waals surface area contributed by atoms with E-state index in [9.17, 15) is 14.7 Å². The van der Waals surface area contributed by atoms with Crippen molar-refractivity contribution in [1.29, 1.82) is 0 Å². The summed E-state index contributed by atoms with van der Waals surface area (Å²) >= 11 is 1.29. The van der Waals surface area contributed by atoms with Gasteiger partial charge in [0.1, 0.15) is 21.6 Å². The number of nitrogens with zero attached hydrogens (tertiary/aromatic N) is 4. The molecule has 234 valence electrons. The van der Waals surface area contributed by atoms with Crippen LogP contribution in [0.5, 0.6) is 0 Å². The second-order valence-corrected chi connectivity index (χ2v) is 13.4. The average molecular weight is 627 g/mol. The average Bonchev–Trinajstić information content (AvgIpc) is 3.59. The highest BCUT2D eigenvalue weighted by Crippen LogP contribution is 2.41. The van der Waals surface area contributed by atoms with E-state index < -0.39 is 11.7 Å². The summed E-state index contributed by atoms with van der Waals surface area (Å²) in [6, 6.07) is 17.8. The Morgan fingerprint density at radius 2 is 1.82 bits per heavy atom. The van der Waals surface area contributed by atoms with Crippen molar-refractivity contribution in [3.05, 3.63) is 77.6 Å². The summed E-state index contributed by atoms with van der Waals surface area (Å²) < 4.78 is 6.99. The third-order valence-corrected chi connectivity index (χ3v) is 9.43. The first-order valence-corrected chi connectivity index (χ1v) is 16.0. The number of thiophene rings is 1. The van der Waals surface area contributed by atoms with E-state index >= 15 is 0 Å². The van der Waals surface area contributed by atoms with Crippen LogP contribution in [0.15, 0.2) is 67.1 Å². The molecule has 10 nitrogen and oxygen atoms in total. The first-order valence-electron chi connectivity index (χ1n) is 15.2. The Hall–Kier alpha value is -4.32. The molecule has 0 spiro atoms. The van der Waals surface area contributed by atoms with Crippen LogP contribution in [-0.4, -0.2) is 73.9 Å². The van der Waals surface area contributed by atoms with Crippen molar-refractivity contribution in [2.24, 2.45) is 0 Å². The second-order valence-electron chi connectivity index (χ2n) is 12.4. The van der Waals surface area contributed by atoms with Gasteiger partial charge in [0.25, 0.3) is 5.91 Å². The number of hydrogen-bond donors (Lipinski definition) is 3. The van der Waals surface area contributed by atoms with E-state index in [4.69, 9.17) is 10.5 Å². The van der Waals surface area contributed by atoms with Crippen LogP contribution in [0.2, 0.25) is 0 Å². The van der Waals surface area contributed by atoms with Crippen molar-refractivity contribution >= 4 is 50.3 Å². The highest BCUT2D eigenvalue weighted by molar-refractivity contribution is 7.21. The first-order chi connectivity index (χ1) is 21.6. The van der Waals surface area contributed by atoms with Crippen LogP contribution in [0, 0.1) is 0 Å². The summed E-state index contributed by atoms with van der Waals surface area (Å²) in [5.41, 5.74) is 10.5. The molecule has 1 aliphatic heterocycles. The molecule has 45 heavy (non-hydrogen) atoms. The molecule has 3 atom stereocenters. The Balaban J connectivity index is 1.22. The minimum absolute atomic E-state index is 0.0187. The normalized spacial score (nSPS) is 18.6. The number of imidazole rings is 1. The predicted octanol–water partition coefficient (Wildman–Crippen LogP) is 5.65. The van der Waals surface area contributed by atoms with Crippen molar-refractivity contribution in [2.75, 3.05) is 25.4 Å². The van der Waals surface area contributed by atoms with E-state index in [-0.39, 0.29) is 30.5 Å². The van der Waals surface area contributed by atoms with E-state index in [2.05, 4.69) is 51.4 Å². The number of nitrogen functional groups attached to an aromatic ring is 1. The lowest BCUT2D eigenvalue weighted by atomic mass is 9.74. The Labute approximate surface area is 265 Å². The fourth-order valence-electron chi connectivity index (χ4n) is 6.25. The van der Waals surface area contributed by atoms with Crippen molar-refractivity contribution in [2.45, 2.75) is 57.7 Å². The van der Waals surface area contributed by atoms with Gasteiger partial charge in [-0.25, -0.2) is 19.3 Å². The summed E-state index contributed by atoms with van der Waals surface area (Å²) in [4.78, 5) is 38.2. The molecule has 0 saturated carbocycles. The van der Waals surface area contributed by atoms with Crippen molar-refractivity contribution < 1.29 is 19.4 Å². The number of carbonyl (C=O) groups is 2. The van der Waals surface area contributed by atoms with Gasteiger partial charge in [-0.15, -0.1) is 11.3 Å². The molecule has 1 saturated heterocycles. The maximum absolute atomic E-state index is 13.2. The molecule has 2 aromatic carbocycles. The lowest BCUT2D eigenvalue weighted by molar-refractivity contribution is -0.0412. The highest BCUT2D eigenvalue weighted by Gasteiger charge is 2.48. The number of aliphatic hydroxyl groups is 1.